The smallest absolute Gasteiger partial charge is 0.319 e. The lowest BCUT2D eigenvalue weighted by Gasteiger charge is -2.28. The number of nitrogens with one attached hydrogen (secondary N) is 2. The van der Waals surface area contributed by atoms with Gasteiger partial charge in [-0.3, -0.25) is 0 Å². The quantitative estimate of drug-likeness (QED) is 0.835. The third-order valence-corrected chi connectivity index (χ3v) is 5.80. The van der Waals surface area contributed by atoms with Crippen LogP contribution in [0.1, 0.15) is 18.0 Å². The highest BCUT2D eigenvalue weighted by molar-refractivity contribution is 7.99. The Morgan fingerprint density at radius 2 is 2.23 bits per heavy atom. The van der Waals surface area contributed by atoms with Crippen LogP contribution >= 0.6 is 11.8 Å². The summed E-state index contributed by atoms with van der Waals surface area (Å²) in [4.78, 5) is 15.2. The molecule has 0 bridgehead atoms. The summed E-state index contributed by atoms with van der Waals surface area (Å²) >= 11 is 1.50. The van der Waals surface area contributed by atoms with Crippen LogP contribution in [-0.2, 0) is 0 Å². The van der Waals surface area contributed by atoms with Gasteiger partial charge in [-0.15, -0.1) is 11.8 Å². The van der Waals surface area contributed by atoms with Gasteiger partial charge in [0.1, 0.15) is 18.2 Å². The second-order valence-electron chi connectivity index (χ2n) is 6.40. The van der Waals surface area contributed by atoms with Gasteiger partial charge in [0.15, 0.2) is 0 Å². The number of hydrogen-bond acceptors (Lipinski definition) is 4. The standard InChI is InChI=1S/C19H20FN3O2S/c1-23-8-9-25-17-6-5-12(11-16(17)23)21-19(24)22-15-7-10-26-18-13(15)3-2-4-14(18)20/h2-6,11,15H,7-10H2,1H3,(H2,21,22,24). The minimum atomic E-state index is -0.295. The van der Waals surface area contributed by atoms with Gasteiger partial charge in [-0.2, -0.15) is 0 Å². The Morgan fingerprint density at radius 1 is 1.35 bits per heavy atom. The van der Waals surface area contributed by atoms with Gasteiger partial charge in [-0.05, 0) is 36.2 Å². The molecule has 2 N–H and O–H groups in total. The van der Waals surface area contributed by atoms with Gasteiger partial charge in [0.05, 0.1) is 18.3 Å². The van der Waals surface area contributed by atoms with Crippen molar-refractivity contribution in [2.24, 2.45) is 0 Å². The number of urea groups is 1. The Balaban J connectivity index is 1.47. The monoisotopic (exact) mass is 373 g/mol. The van der Waals surface area contributed by atoms with Crippen LogP contribution in [0.4, 0.5) is 20.6 Å². The van der Waals surface area contributed by atoms with Crippen molar-refractivity contribution >= 4 is 29.2 Å². The molecule has 2 amide bonds. The van der Waals surface area contributed by atoms with E-state index in [4.69, 9.17) is 4.74 Å². The summed E-state index contributed by atoms with van der Waals surface area (Å²) in [6.07, 6.45) is 0.773. The number of thioether (sulfide) groups is 1. The number of amides is 2. The fraction of sp³-hybridized carbons (Fsp3) is 0.316. The fourth-order valence-electron chi connectivity index (χ4n) is 3.29. The van der Waals surface area contributed by atoms with Gasteiger partial charge >= 0.3 is 6.03 Å². The Bertz CT molecular complexity index is 846. The van der Waals surface area contributed by atoms with Crippen molar-refractivity contribution in [3.8, 4) is 5.75 Å². The second-order valence-corrected chi connectivity index (χ2v) is 7.50. The number of fused-ring (bicyclic) bond motifs is 2. The minimum Gasteiger partial charge on any atom is -0.490 e. The molecule has 0 saturated carbocycles. The van der Waals surface area contributed by atoms with Crippen LogP contribution in [-0.4, -0.2) is 32.0 Å². The van der Waals surface area contributed by atoms with Crippen LogP contribution in [0.5, 0.6) is 5.75 Å². The molecule has 0 aliphatic carbocycles. The molecule has 136 valence electrons. The largest absolute Gasteiger partial charge is 0.490 e. The van der Waals surface area contributed by atoms with Crippen LogP contribution < -0.4 is 20.3 Å². The molecule has 2 aliphatic rings. The molecule has 0 aromatic heterocycles. The molecule has 4 rings (SSSR count). The number of anilines is 2. The number of carbonyl (C=O) groups excluding carboxylic acids is 1. The zero-order chi connectivity index (χ0) is 18.1. The summed E-state index contributed by atoms with van der Waals surface area (Å²) < 4.78 is 19.6. The molecule has 0 radical (unpaired) electrons. The predicted octanol–water partition coefficient (Wildman–Crippen LogP) is 4.01. The third kappa shape index (κ3) is 3.31. The summed E-state index contributed by atoms with van der Waals surface area (Å²) in [5.41, 5.74) is 2.49. The van der Waals surface area contributed by atoms with E-state index in [1.165, 1.54) is 17.8 Å². The summed E-state index contributed by atoms with van der Waals surface area (Å²) in [5.74, 6) is 1.37. The second kappa shape index (κ2) is 7.07. The Morgan fingerprint density at radius 3 is 3.12 bits per heavy atom. The SMILES string of the molecule is CN1CCOc2ccc(NC(=O)NC3CCSc4c(F)cccc43)cc21. The van der Waals surface area contributed by atoms with Crippen LogP contribution in [0.3, 0.4) is 0 Å². The summed E-state index contributed by atoms with van der Waals surface area (Å²) in [5, 5.41) is 5.84. The van der Waals surface area contributed by atoms with E-state index < -0.39 is 0 Å². The number of likely N-dealkylation sites (N-methyl/N-ethyl adjacent to an activating group) is 1. The molecular weight excluding hydrogens is 353 g/mol. The van der Waals surface area contributed by atoms with Gasteiger partial charge in [0.25, 0.3) is 0 Å². The van der Waals surface area contributed by atoms with Crippen molar-refractivity contribution < 1.29 is 13.9 Å². The maximum absolute atomic E-state index is 14.0. The Kier molecular flexibility index (Phi) is 4.63. The average molecular weight is 373 g/mol. The summed E-state index contributed by atoms with van der Waals surface area (Å²) in [6.45, 7) is 1.47. The molecule has 26 heavy (non-hydrogen) atoms. The molecule has 5 nitrogen and oxygen atoms in total. The Labute approximate surface area is 155 Å². The number of ether oxygens (including phenoxy) is 1. The first kappa shape index (κ1) is 17.0. The van der Waals surface area contributed by atoms with E-state index in [9.17, 15) is 9.18 Å². The number of halogens is 1. The number of rotatable bonds is 2. The number of carbonyl (C=O) groups is 1. The highest BCUT2D eigenvalue weighted by Gasteiger charge is 2.24. The molecule has 1 atom stereocenters. The van der Waals surface area contributed by atoms with Gasteiger partial charge in [0.2, 0.25) is 0 Å². The highest BCUT2D eigenvalue weighted by atomic mass is 32.2. The van der Waals surface area contributed by atoms with E-state index in [0.717, 1.165) is 35.7 Å². The number of nitrogens with zero attached hydrogens (tertiary/aromatic N) is 1. The van der Waals surface area contributed by atoms with Gasteiger partial charge < -0.3 is 20.3 Å². The average Bonchev–Trinajstić information content (AvgIpc) is 2.63. The number of benzene rings is 2. The minimum absolute atomic E-state index is 0.189. The van der Waals surface area contributed by atoms with E-state index in [0.29, 0.717) is 17.2 Å². The maximum Gasteiger partial charge on any atom is 0.319 e. The lowest BCUT2D eigenvalue weighted by molar-refractivity contribution is 0.248. The maximum atomic E-state index is 14.0. The molecule has 7 heteroatoms. The van der Waals surface area contributed by atoms with E-state index in [-0.39, 0.29) is 17.9 Å². The molecule has 0 fully saturated rings. The van der Waals surface area contributed by atoms with E-state index in [1.807, 2.05) is 31.3 Å². The molecule has 2 aromatic carbocycles. The molecular formula is C19H20FN3O2S. The van der Waals surface area contributed by atoms with Crippen LogP contribution in [0, 0.1) is 5.82 Å². The van der Waals surface area contributed by atoms with E-state index in [2.05, 4.69) is 15.5 Å². The number of hydrogen-bond donors (Lipinski definition) is 2. The normalized spacial score (nSPS) is 18.4. The molecule has 0 saturated heterocycles. The Hall–Kier alpha value is -2.41. The third-order valence-electron chi connectivity index (χ3n) is 4.64. The molecule has 2 aromatic rings. The van der Waals surface area contributed by atoms with Crippen LogP contribution in [0.25, 0.3) is 0 Å². The van der Waals surface area contributed by atoms with Gasteiger partial charge in [-0.1, -0.05) is 12.1 Å². The van der Waals surface area contributed by atoms with Crippen molar-refractivity contribution in [3.63, 3.8) is 0 Å². The highest BCUT2D eigenvalue weighted by Crippen LogP contribution is 2.38. The predicted molar refractivity (Wildman–Crippen MR) is 102 cm³/mol. The molecule has 0 spiro atoms. The van der Waals surface area contributed by atoms with Crippen molar-refractivity contribution in [3.05, 3.63) is 47.8 Å². The molecule has 2 heterocycles. The topological polar surface area (TPSA) is 53.6 Å². The van der Waals surface area contributed by atoms with Crippen molar-refractivity contribution in [1.82, 2.24) is 5.32 Å². The fourth-order valence-corrected chi connectivity index (χ4v) is 4.43. The van der Waals surface area contributed by atoms with Gasteiger partial charge in [0, 0.05) is 23.4 Å². The molecule has 1 unspecified atom stereocenters. The zero-order valence-electron chi connectivity index (χ0n) is 14.4. The van der Waals surface area contributed by atoms with Crippen LogP contribution in [0.2, 0.25) is 0 Å². The van der Waals surface area contributed by atoms with Crippen molar-refractivity contribution in [2.45, 2.75) is 17.4 Å². The first-order chi connectivity index (χ1) is 12.6. The van der Waals surface area contributed by atoms with E-state index >= 15 is 0 Å². The van der Waals surface area contributed by atoms with E-state index in [1.54, 1.807) is 6.07 Å². The van der Waals surface area contributed by atoms with Crippen molar-refractivity contribution in [1.29, 1.82) is 0 Å². The first-order valence-corrected chi connectivity index (χ1v) is 9.57. The zero-order valence-corrected chi connectivity index (χ0v) is 15.2. The van der Waals surface area contributed by atoms with Crippen LogP contribution in [0.15, 0.2) is 41.3 Å². The summed E-state index contributed by atoms with van der Waals surface area (Å²) in [7, 11) is 2.00. The molecule has 2 aliphatic heterocycles. The lowest BCUT2D eigenvalue weighted by atomic mass is 10.0. The first-order valence-electron chi connectivity index (χ1n) is 8.58. The van der Waals surface area contributed by atoms with Gasteiger partial charge in [-0.25, -0.2) is 9.18 Å². The lowest BCUT2D eigenvalue weighted by Crippen LogP contribution is -2.34. The van der Waals surface area contributed by atoms with Crippen molar-refractivity contribution in [2.75, 3.05) is 36.2 Å². The summed E-state index contributed by atoms with van der Waals surface area (Å²) in [6, 6.07) is 10.1.